The predicted octanol–water partition coefficient (Wildman–Crippen LogP) is 0.712. The van der Waals surface area contributed by atoms with Gasteiger partial charge in [0.1, 0.15) is 0 Å². The van der Waals surface area contributed by atoms with Crippen LogP contribution in [-0.4, -0.2) is 117 Å². The average Bonchev–Trinajstić information content (AvgIpc) is 3.33. The van der Waals surface area contributed by atoms with Gasteiger partial charge < -0.3 is 39.6 Å². The molecule has 2 heterocycles. The lowest BCUT2D eigenvalue weighted by Gasteiger charge is -2.23. The summed E-state index contributed by atoms with van der Waals surface area (Å²) in [7, 11) is 1.86. The Balaban J connectivity index is 1.30. The quantitative estimate of drug-likeness (QED) is 0.161. The van der Waals surface area contributed by atoms with Gasteiger partial charge in [0.15, 0.2) is 0 Å². The molecule has 11 nitrogen and oxygen atoms in total. The van der Waals surface area contributed by atoms with Gasteiger partial charge in [-0.3, -0.25) is 9.59 Å². The number of nitrogens with one attached hydrogen (secondary N) is 2. The van der Waals surface area contributed by atoms with Gasteiger partial charge in [-0.05, 0) is 12.8 Å². The molecule has 2 saturated heterocycles. The second kappa shape index (κ2) is 16.9. The van der Waals surface area contributed by atoms with Crippen LogP contribution in [0.15, 0.2) is 0 Å². The van der Waals surface area contributed by atoms with E-state index in [-0.39, 0.29) is 37.0 Å². The molecule has 12 heteroatoms. The number of rotatable bonds is 20. The second-order valence-corrected chi connectivity index (χ2v) is 9.49. The van der Waals surface area contributed by atoms with E-state index in [4.69, 9.17) is 24.1 Å². The standard InChI is InChI=1S/C22H39N3O8S/c1-25-21-17(24-22(25)29)16-34-18(21)4-2-3-5-19(26)23-7-9-31-11-13-33-15-14-32-12-10-30-8-6-20(27)28/h17-18,21H,2-16H2,1H3,(H,23,26)(H,24,29)(H,27,28)/t17?,18-,21-/m0/s1. The maximum atomic E-state index is 12.0. The van der Waals surface area contributed by atoms with E-state index in [2.05, 4.69) is 10.6 Å². The number of urea groups is 1. The van der Waals surface area contributed by atoms with Crippen molar-refractivity contribution >= 4 is 29.7 Å². The van der Waals surface area contributed by atoms with E-state index in [0.29, 0.717) is 64.5 Å². The minimum absolute atomic E-state index is 0.00555. The molecule has 0 radical (unpaired) electrons. The van der Waals surface area contributed by atoms with Crippen LogP contribution >= 0.6 is 11.8 Å². The second-order valence-electron chi connectivity index (χ2n) is 8.22. The molecular formula is C22H39N3O8S. The number of likely N-dealkylation sites (N-methyl/N-ethyl adjacent to an activating group) is 1. The van der Waals surface area contributed by atoms with Gasteiger partial charge in [-0.15, -0.1) is 0 Å². The summed E-state index contributed by atoms with van der Waals surface area (Å²) in [6, 6.07) is 0.561. The fraction of sp³-hybridized carbons (Fsp3) is 0.864. The van der Waals surface area contributed by atoms with Crippen molar-refractivity contribution in [2.75, 3.05) is 72.2 Å². The summed E-state index contributed by atoms with van der Waals surface area (Å²) >= 11 is 1.92. The summed E-state index contributed by atoms with van der Waals surface area (Å²) in [5.74, 6) is 0.130. The number of ether oxygens (including phenoxy) is 4. The summed E-state index contributed by atoms with van der Waals surface area (Å²) in [6.07, 6.45) is 3.34. The molecule has 0 bridgehead atoms. The molecule has 0 saturated carbocycles. The summed E-state index contributed by atoms with van der Waals surface area (Å²) in [5, 5.41) is 14.8. The van der Waals surface area contributed by atoms with Gasteiger partial charge in [-0.2, -0.15) is 11.8 Å². The zero-order chi connectivity index (χ0) is 24.6. The van der Waals surface area contributed by atoms with Crippen molar-refractivity contribution < 1.29 is 38.4 Å². The Morgan fingerprint density at radius 1 is 1.00 bits per heavy atom. The molecule has 0 aromatic carbocycles. The smallest absolute Gasteiger partial charge is 0.317 e. The van der Waals surface area contributed by atoms with E-state index in [1.807, 2.05) is 23.7 Å². The SMILES string of the molecule is CN1C(=O)NC2CS[C@@H](CCCCC(=O)NCCOCCOCCOCCOCCC(=O)O)[C@H]21. The average molecular weight is 506 g/mol. The molecule has 0 aliphatic carbocycles. The molecule has 2 aliphatic heterocycles. The number of hydrogen-bond acceptors (Lipinski definition) is 8. The number of hydrogen-bond donors (Lipinski definition) is 3. The number of carbonyl (C=O) groups is 3. The van der Waals surface area contributed by atoms with Gasteiger partial charge in [-0.1, -0.05) is 6.42 Å². The lowest BCUT2D eigenvalue weighted by molar-refractivity contribution is -0.138. The first-order valence-electron chi connectivity index (χ1n) is 11.9. The highest BCUT2D eigenvalue weighted by molar-refractivity contribution is 8.00. The largest absolute Gasteiger partial charge is 0.481 e. The minimum atomic E-state index is -0.877. The summed E-state index contributed by atoms with van der Waals surface area (Å²) in [5.41, 5.74) is 0. The first-order chi connectivity index (χ1) is 16.5. The van der Waals surface area contributed by atoms with Crippen LogP contribution in [0.5, 0.6) is 0 Å². The van der Waals surface area contributed by atoms with Crippen LogP contribution in [0.3, 0.4) is 0 Å². The maximum absolute atomic E-state index is 12.0. The third-order valence-electron chi connectivity index (χ3n) is 5.65. The van der Waals surface area contributed by atoms with E-state index >= 15 is 0 Å². The molecule has 3 amide bonds. The summed E-state index contributed by atoms with van der Waals surface area (Å²) < 4.78 is 21.2. The number of amides is 3. The summed E-state index contributed by atoms with van der Waals surface area (Å²) in [6.45, 7) is 3.64. The van der Waals surface area contributed by atoms with Crippen LogP contribution in [0.4, 0.5) is 4.79 Å². The molecule has 0 aromatic rings. The number of aliphatic carboxylic acids is 1. The Bertz CT molecular complexity index is 627. The van der Waals surface area contributed by atoms with E-state index in [1.165, 1.54) is 0 Å². The molecule has 2 aliphatic rings. The van der Waals surface area contributed by atoms with Gasteiger partial charge >= 0.3 is 12.0 Å². The Hall–Kier alpha value is -1.60. The first kappa shape index (κ1) is 28.6. The highest BCUT2D eigenvalue weighted by Gasteiger charge is 2.46. The normalized spacial score (nSPS) is 21.5. The number of carboxylic acids is 1. The third-order valence-corrected chi connectivity index (χ3v) is 7.14. The zero-order valence-corrected chi connectivity index (χ0v) is 20.8. The molecule has 3 atom stereocenters. The van der Waals surface area contributed by atoms with E-state index in [9.17, 15) is 14.4 Å². The van der Waals surface area contributed by atoms with Crippen molar-refractivity contribution in [1.82, 2.24) is 15.5 Å². The molecule has 34 heavy (non-hydrogen) atoms. The van der Waals surface area contributed by atoms with Crippen molar-refractivity contribution in [3.05, 3.63) is 0 Å². The molecule has 3 N–H and O–H groups in total. The van der Waals surface area contributed by atoms with Crippen molar-refractivity contribution in [2.24, 2.45) is 0 Å². The van der Waals surface area contributed by atoms with Crippen LogP contribution in [0.25, 0.3) is 0 Å². The minimum Gasteiger partial charge on any atom is -0.481 e. The molecule has 0 aromatic heterocycles. The number of nitrogens with zero attached hydrogens (tertiary/aromatic N) is 1. The Kier molecular flexibility index (Phi) is 14.3. The van der Waals surface area contributed by atoms with Gasteiger partial charge in [-0.25, -0.2) is 4.79 Å². The number of carbonyl (C=O) groups excluding carboxylic acids is 2. The van der Waals surface area contributed by atoms with Crippen molar-refractivity contribution in [1.29, 1.82) is 0 Å². The molecule has 1 unspecified atom stereocenters. The number of unbranched alkanes of at least 4 members (excludes halogenated alkanes) is 1. The fourth-order valence-corrected chi connectivity index (χ4v) is 5.52. The first-order valence-corrected chi connectivity index (χ1v) is 13.0. The topological polar surface area (TPSA) is 136 Å². The predicted molar refractivity (Wildman–Crippen MR) is 127 cm³/mol. The van der Waals surface area contributed by atoms with Gasteiger partial charge in [0, 0.05) is 31.0 Å². The highest BCUT2D eigenvalue weighted by Crippen LogP contribution is 2.36. The monoisotopic (exact) mass is 505 g/mol. The van der Waals surface area contributed by atoms with Crippen molar-refractivity contribution in [2.45, 2.75) is 49.4 Å². The zero-order valence-electron chi connectivity index (χ0n) is 20.0. The van der Waals surface area contributed by atoms with Crippen LogP contribution in [0, 0.1) is 0 Å². The number of fused-ring (bicyclic) bond motifs is 1. The molecule has 2 rings (SSSR count). The molecule has 2 fully saturated rings. The lowest BCUT2D eigenvalue weighted by Crippen LogP contribution is -2.38. The van der Waals surface area contributed by atoms with Gasteiger partial charge in [0.25, 0.3) is 0 Å². The van der Waals surface area contributed by atoms with Crippen molar-refractivity contribution in [3.63, 3.8) is 0 Å². The van der Waals surface area contributed by atoms with Crippen molar-refractivity contribution in [3.8, 4) is 0 Å². The van der Waals surface area contributed by atoms with Crippen LogP contribution in [0.2, 0.25) is 0 Å². The highest BCUT2D eigenvalue weighted by atomic mass is 32.2. The molecular weight excluding hydrogens is 466 g/mol. The fourth-order valence-electron chi connectivity index (χ4n) is 3.88. The van der Waals surface area contributed by atoms with E-state index in [1.54, 1.807) is 0 Å². The van der Waals surface area contributed by atoms with Gasteiger partial charge in [0.05, 0.1) is 71.4 Å². The van der Waals surface area contributed by atoms with Crippen LogP contribution < -0.4 is 10.6 Å². The molecule has 0 spiro atoms. The summed E-state index contributed by atoms with van der Waals surface area (Å²) in [4.78, 5) is 35.8. The van der Waals surface area contributed by atoms with Gasteiger partial charge in [0.2, 0.25) is 5.91 Å². The van der Waals surface area contributed by atoms with E-state index in [0.717, 1.165) is 25.0 Å². The van der Waals surface area contributed by atoms with Crippen LogP contribution in [-0.2, 0) is 28.5 Å². The maximum Gasteiger partial charge on any atom is 0.317 e. The Labute approximate surface area is 205 Å². The van der Waals surface area contributed by atoms with Crippen LogP contribution in [0.1, 0.15) is 32.1 Å². The number of thioether (sulfide) groups is 1. The molecule has 196 valence electrons. The number of carboxylic acid groups (broad SMARTS) is 1. The third kappa shape index (κ3) is 11.2. The van der Waals surface area contributed by atoms with E-state index < -0.39 is 5.97 Å². The Morgan fingerprint density at radius 2 is 1.62 bits per heavy atom. The lowest BCUT2D eigenvalue weighted by atomic mass is 10.0. The Morgan fingerprint density at radius 3 is 2.26 bits per heavy atom.